The second kappa shape index (κ2) is 8.15. The number of nitrogens with one attached hydrogen (secondary N) is 1. The quantitative estimate of drug-likeness (QED) is 0.886. The van der Waals surface area contributed by atoms with Crippen LogP contribution in [-0.2, 0) is 4.79 Å². The van der Waals surface area contributed by atoms with Crippen molar-refractivity contribution in [3.8, 4) is 6.07 Å². The number of carbonyl (C=O) groups excluding carboxylic acids is 1. The van der Waals surface area contributed by atoms with Crippen LogP contribution in [0.4, 0.5) is 5.69 Å². The van der Waals surface area contributed by atoms with E-state index in [2.05, 4.69) is 33.2 Å². The number of carbonyl (C=O) groups is 1. The van der Waals surface area contributed by atoms with Crippen molar-refractivity contribution in [2.45, 2.75) is 31.7 Å². The number of nitrogens with zero attached hydrogens (tertiary/aromatic N) is 4. The molecule has 0 aliphatic carbocycles. The van der Waals surface area contributed by atoms with Crippen LogP contribution in [0.3, 0.4) is 0 Å². The van der Waals surface area contributed by atoms with Crippen LogP contribution < -0.4 is 10.2 Å². The van der Waals surface area contributed by atoms with Gasteiger partial charge in [0.15, 0.2) is 0 Å². The van der Waals surface area contributed by atoms with Crippen molar-refractivity contribution in [2.75, 3.05) is 38.1 Å². The van der Waals surface area contributed by atoms with Crippen molar-refractivity contribution in [3.63, 3.8) is 0 Å². The average molecular weight is 377 g/mol. The molecule has 1 aromatic carbocycles. The Labute approximate surface area is 166 Å². The SMILES string of the molecule is CN1CCCC1CNC(=O)C1CCN(c2ccc(C#N)c3ncccc23)CC1. The van der Waals surface area contributed by atoms with Gasteiger partial charge in [0.05, 0.1) is 11.1 Å². The predicted octanol–water partition coefficient (Wildman–Crippen LogP) is 2.53. The molecule has 3 heterocycles. The zero-order valence-electron chi connectivity index (χ0n) is 16.4. The van der Waals surface area contributed by atoms with Gasteiger partial charge in [0.2, 0.25) is 5.91 Å². The lowest BCUT2D eigenvalue weighted by Crippen LogP contribution is -2.44. The Morgan fingerprint density at radius 2 is 2.07 bits per heavy atom. The smallest absolute Gasteiger partial charge is 0.223 e. The number of rotatable bonds is 4. The Morgan fingerprint density at radius 1 is 1.25 bits per heavy atom. The van der Waals surface area contributed by atoms with E-state index in [4.69, 9.17) is 0 Å². The summed E-state index contributed by atoms with van der Waals surface area (Å²) < 4.78 is 0. The van der Waals surface area contributed by atoms with Crippen LogP contribution in [0, 0.1) is 17.2 Å². The Balaban J connectivity index is 1.39. The predicted molar refractivity (Wildman–Crippen MR) is 110 cm³/mol. The normalized spacial score (nSPS) is 21.0. The number of aromatic nitrogens is 1. The molecule has 0 saturated carbocycles. The fraction of sp³-hybridized carbons (Fsp3) is 0.500. The highest BCUT2D eigenvalue weighted by Crippen LogP contribution is 2.31. The van der Waals surface area contributed by atoms with Crippen LogP contribution in [0.5, 0.6) is 0 Å². The van der Waals surface area contributed by atoms with E-state index in [9.17, 15) is 10.1 Å². The Hall–Kier alpha value is -2.65. The van der Waals surface area contributed by atoms with Crippen molar-refractivity contribution in [2.24, 2.45) is 5.92 Å². The molecular weight excluding hydrogens is 350 g/mol. The fourth-order valence-electron chi connectivity index (χ4n) is 4.51. The number of fused-ring (bicyclic) bond motifs is 1. The van der Waals surface area contributed by atoms with Crippen molar-refractivity contribution in [1.29, 1.82) is 5.26 Å². The maximum atomic E-state index is 12.6. The van der Waals surface area contributed by atoms with Crippen LogP contribution >= 0.6 is 0 Å². The van der Waals surface area contributed by atoms with Gasteiger partial charge in [-0.05, 0) is 63.5 Å². The van der Waals surface area contributed by atoms with E-state index in [-0.39, 0.29) is 11.8 Å². The molecule has 2 saturated heterocycles. The highest BCUT2D eigenvalue weighted by atomic mass is 16.1. The molecular formula is C22H27N5O. The maximum absolute atomic E-state index is 12.6. The molecule has 1 atom stereocenters. The lowest BCUT2D eigenvalue weighted by Gasteiger charge is -2.34. The fourth-order valence-corrected chi connectivity index (χ4v) is 4.51. The highest BCUT2D eigenvalue weighted by molar-refractivity contribution is 5.95. The van der Waals surface area contributed by atoms with Gasteiger partial charge in [0, 0.05) is 48.9 Å². The number of amides is 1. The number of hydrogen-bond donors (Lipinski definition) is 1. The largest absolute Gasteiger partial charge is 0.371 e. The minimum absolute atomic E-state index is 0.0886. The summed E-state index contributed by atoms with van der Waals surface area (Å²) in [5.41, 5.74) is 2.46. The van der Waals surface area contributed by atoms with Gasteiger partial charge in [-0.25, -0.2) is 0 Å². The molecule has 1 amide bonds. The summed E-state index contributed by atoms with van der Waals surface area (Å²) in [6.45, 7) is 3.59. The number of anilines is 1. The van der Waals surface area contributed by atoms with Crippen LogP contribution in [0.15, 0.2) is 30.5 Å². The van der Waals surface area contributed by atoms with E-state index in [0.717, 1.165) is 55.6 Å². The van der Waals surface area contributed by atoms with E-state index in [1.807, 2.05) is 24.3 Å². The van der Waals surface area contributed by atoms with Gasteiger partial charge >= 0.3 is 0 Å². The minimum Gasteiger partial charge on any atom is -0.371 e. The van der Waals surface area contributed by atoms with E-state index < -0.39 is 0 Å². The van der Waals surface area contributed by atoms with Gasteiger partial charge in [-0.15, -0.1) is 0 Å². The third kappa shape index (κ3) is 3.67. The molecule has 6 heteroatoms. The minimum atomic E-state index is 0.0886. The molecule has 0 spiro atoms. The van der Waals surface area contributed by atoms with Gasteiger partial charge in [-0.3, -0.25) is 9.78 Å². The molecule has 2 aliphatic rings. The van der Waals surface area contributed by atoms with Gasteiger partial charge in [0.25, 0.3) is 0 Å². The lowest BCUT2D eigenvalue weighted by atomic mass is 9.94. The van der Waals surface area contributed by atoms with Gasteiger partial charge < -0.3 is 15.1 Å². The summed E-state index contributed by atoms with van der Waals surface area (Å²) in [6, 6.07) is 10.5. The molecule has 2 aliphatic heterocycles. The molecule has 1 aromatic heterocycles. The first-order valence-corrected chi connectivity index (χ1v) is 10.2. The monoisotopic (exact) mass is 377 g/mol. The van der Waals surface area contributed by atoms with Crippen molar-refractivity contribution >= 4 is 22.5 Å². The highest BCUT2D eigenvalue weighted by Gasteiger charge is 2.27. The Morgan fingerprint density at radius 3 is 2.79 bits per heavy atom. The maximum Gasteiger partial charge on any atom is 0.223 e. The van der Waals surface area contributed by atoms with Crippen LogP contribution in [0.25, 0.3) is 10.9 Å². The van der Waals surface area contributed by atoms with Gasteiger partial charge in [-0.2, -0.15) is 5.26 Å². The Kier molecular flexibility index (Phi) is 5.45. The lowest BCUT2D eigenvalue weighted by molar-refractivity contribution is -0.125. The van der Waals surface area contributed by atoms with Crippen LogP contribution in [0.2, 0.25) is 0 Å². The van der Waals surface area contributed by atoms with Crippen LogP contribution in [-0.4, -0.2) is 55.1 Å². The zero-order chi connectivity index (χ0) is 19.5. The van der Waals surface area contributed by atoms with Crippen molar-refractivity contribution in [3.05, 3.63) is 36.0 Å². The standard InChI is InChI=1S/C22H27N5O/c1-26-11-3-4-18(26)15-25-22(28)16-8-12-27(13-9-16)20-7-6-17(14-23)21-19(20)5-2-10-24-21/h2,5-7,10,16,18H,3-4,8-9,11-13,15H2,1H3,(H,25,28). The summed E-state index contributed by atoms with van der Waals surface area (Å²) in [5, 5.41) is 13.5. The number of likely N-dealkylation sites (N-methyl/N-ethyl adjacent to an activating group) is 1. The first-order valence-electron chi connectivity index (χ1n) is 10.2. The van der Waals surface area contributed by atoms with Crippen molar-refractivity contribution < 1.29 is 4.79 Å². The average Bonchev–Trinajstić information content (AvgIpc) is 3.16. The summed E-state index contributed by atoms with van der Waals surface area (Å²) in [7, 11) is 2.14. The molecule has 4 rings (SSSR count). The Bertz CT molecular complexity index is 897. The number of likely N-dealkylation sites (tertiary alicyclic amines) is 1. The molecule has 0 bridgehead atoms. The third-order valence-corrected chi connectivity index (χ3v) is 6.26. The summed E-state index contributed by atoms with van der Waals surface area (Å²) in [6.07, 6.45) is 5.84. The number of piperidine rings is 1. The first kappa shape index (κ1) is 18.7. The van der Waals surface area contributed by atoms with Crippen LogP contribution in [0.1, 0.15) is 31.2 Å². The topological polar surface area (TPSA) is 72.3 Å². The number of pyridine rings is 1. The summed E-state index contributed by atoms with van der Waals surface area (Å²) in [4.78, 5) is 21.7. The number of benzene rings is 1. The second-order valence-electron chi connectivity index (χ2n) is 7.93. The van der Waals surface area contributed by atoms with Gasteiger partial charge in [0.1, 0.15) is 6.07 Å². The molecule has 2 fully saturated rings. The second-order valence-corrected chi connectivity index (χ2v) is 7.93. The molecule has 0 radical (unpaired) electrons. The molecule has 2 aromatic rings. The van der Waals surface area contributed by atoms with E-state index in [0.29, 0.717) is 11.6 Å². The van der Waals surface area contributed by atoms with E-state index in [1.54, 1.807) is 6.20 Å². The summed E-state index contributed by atoms with van der Waals surface area (Å²) in [5.74, 6) is 0.289. The summed E-state index contributed by atoms with van der Waals surface area (Å²) >= 11 is 0. The third-order valence-electron chi connectivity index (χ3n) is 6.26. The van der Waals surface area contributed by atoms with E-state index >= 15 is 0 Å². The molecule has 6 nitrogen and oxygen atoms in total. The number of hydrogen-bond acceptors (Lipinski definition) is 5. The molecule has 1 N–H and O–H groups in total. The van der Waals surface area contributed by atoms with Gasteiger partial charge in [-0.1, -0.05) is 0 Å². The molecule has 1 unspecified atom stereocenters. The van der Waals surface area contributed by atoms with E-state index in [1.165, 1.54) is 12.8 Å². The molecule has 28 heavy (non-hydrogen) atoms. The number of nitriles is 1. The molecule has 146 valence electrons. The first-order chi connectivity index (χ1) is 13.7. The zero-order valence-corrected chi connectivity index (χ0v) is 16.4. The van der Waals surface area contributed by atoms with Crippen molar-refractivity contribution in [1.82, 2.24) is 15.2 Å².